The summed E-state index contributed by atoms with van der Waals surface area (Å²) in [5.74, 6) is 0.731. The molecule has 208 valence electrons. The van der Waals surface area contributed by atoms with E-state index in [1.807, 2.05) is 57.2 Å². The molecule has 4 heteroatoms. The van der Waals surface area contributed by atoms with E-state index in [2.05, 4.69) is 105 Å². The van der Waals surface area contributed by atoms with E-state index in [4.69, 9.17) is 5.73 Å². The second kappa shape index (κ2) is 18.1. The Labute approximate surface area is 237 Å². The van der Waals surface area contributed by atoms with Gasteiger partial charge in [-0.3, -0.25) is 0 Å². The van der Waals surface area contributed by atoms with E-state index in [1.54, 1.807) is 0 Å². The van der Waals surface area contributed by atoms with E-state index in [0.29, 0.717) is 6.04 Å². The number of allylic oxidation sites excluding steroid dienone is 2. The van der Waals surface area contributed by atoms with Crippen LogP contribution in [0, 0.1) is 0 Å². The highest BCUT2D eigenvalue weighted by Gasteiger charge is 2.05. The topological polar surface area (TPSA) is 62.1 Å². The first-order valence-electron chi connectivity index (χ1n) is 13.7. The normalized spacial score (nSPS) is 10.3. The number of nitrogens with two attached hydrogens (primary N) is 1. The van der Waals surface area contributed by atoms with Crippen LogP contribution in [0.1, 0.15) is 64.7 Å². The summed E-state index contributed by atoms with van der Waals surface area (Å²) in [6.07, 6.45) is 3.79. The smallest absolute Gasteiger partial charge is 0.100 e. The zero-order valence-electron chi connectivity index (χ0n) is 24.8. The van der Waals surface area contributed by atoms with Gasteiger partial charge in [-0.2, -0.15) is 0 Å². The summed E-state index contributed by atoms with van der Waals surface area (Å²) in [4.78, 5) is 0. The Kier molecular flexibility index (Phi) is 15.3. The molecule has 3 aromatic carbocycles. The van der Waals surface area contributed by atoms with Crippen molar-refractivity contribution in [1.29, 1.82) is 0 Å². The summed E-state index contributed by atoms with van der Waals surface area (Å²) < 4.78 is 0. The first-order chi connectivity index (χ1) is 18.7. The van der Waals surface area contributed by atoms with Crippen LogP contribution in [-0.4, -0.2) is 6.04 Å². The lowest BCUT2D eigenvalue weighted by atomic mass is 10.0. The van der Waals surface area contributed by atoms with Crippen molar-refractivity contribution in [3.8, 4) is 0 Å². The zero-order valence-corrected chi connectivity index (χ0v) is 24.8. The average molecular weight is 525 g/mol. The summed E-state index contributed by atoms with van der Waals surface area (Å²) >= 11 is 0. The molecular weight excluding hydrogens is 476 g/mol. The fourth-order valence-electron chi connectivity index (χ4n) is 3.62. The fourth-order valence-corrected chi connectivity index (χ4v) is 3.62. The fraction of sp³-hybridized carbons (Fsp3) is 0.257. The average Bonchev–Trinajstić information content (AvgIpc) is 2.94. The monoisotopic (exact) mass is 524 g/mol. The molecule has 3 aromatic rings. The van der Waals surface area contributed by atoms with E-state index < -0.39 is 0 Å². The molecule has 3 rings (SSSR count). The molecule has 0 bridgehead atoms. The lowest BCUT2D eigenvalue weighted by Crippen LogP contribution is -2.20. The third-order valence-corrected chi connectivity index (χ3v) is 5.58. The van der Waals surface area contributed by atoms with Gasteiger partial charge in [0.2, 0.25) is 0 Å². The first-order valence-corrected chi connectivity index (χ1v) is 13.7. The van der Waals surface area contributed by atoms with Crippen LogP contribution in [0.2, 0.25) is 0 Å². The molecule has 0 spiro atoms. The SMILES string of the molecule is C=C(N/C(=C/C)C(=C)CC)Nc1ccc(Cc2cccc(C(=C)NC(C)C)c2)cc1.CC.Nc1ccccc1. The predicted molar refractivity (Wildman–Crippen MR) is 174 cm³/mol. The number of nitrogen functional groups attached to an aromatic ring is 1. The van der Waals surface area contributed by atoms with Crippen molar-refractivity contribution < 1.29 is 0 Å². The van der Waals surface area contributed by atoms with E-state index in [9.17, 15) is 0 Å². The number of para-hydroxylation sites is 1. The molecule has 39 heavy (non-hydrogen) atoms. The van der Waals surface area contributed by atoms with Gasteiger partial charge in [0.05, 0.1) is 0 Å². The van der Waals surface area contributed by atoms with Crippen LogP contribution in [0.15, 0.2) is 122 Å². The number of hydrogen-bond acceptors (Lipinski definition) is 4. The van der Waals surface area contributed by atoms with Gasteiger partial charge in [-0.1, -0.05) is 95.1 Å². The van der Waals surface area contributed by atoms with Crippen molar-refractivity contribution in [3.63, 3.8) is 0 Å². The molecule has 0 aliphatic heterocycles. The predicted octanol–water partition coefficient (Wildman–Crippen LogP) is 8.88. The van der Waals surface area contributed by atoms with Crippen molar-refractivity contribution in [2.75, 3.05) is 11.1 Å². The maximum Gasteiger partial charge on any atom is 0.100 e. The molecule has 4 nitrogen and oxygen atoms in total. The van der Waals surface area contributed by atoms with Crippen LogP contribution in [0.4, 0.5) is 11.4 Å². The Morgan fingerprint density at radius 3 is 2.03 bits per heavy atom. The Morgan fingerprint density at radius 1 is 0.872 bits per heavy atom. The maximum atomic E-state index is 5.36. The highest BCUT2D eigenvalue weighted by atomic mass is 15.1. The summed E-state index contributed by atoms with van der Waals surface area (Å²) in [6.45, 7) is 24.6. The minimum Gasteiger partial charge on any atom is -0.399 e. The molecule has 0 saturated heterocycles. The Morgan fingerprint density at radius 2 is 1.51 bits per heavy atom. The third-order valence-electron chi connectivity index (χ3n) is 5.58. The van der Waals surface area contributed by atoms with Crippen LogP contribution in [0.3, 0.4) is 0 Å². The van der Waals surface area contributed by atoms with Crippen molar-refractivity contribution >= 4 is 17.1 Å². The van der Waals surface area contributed by atoms with E-state index >= 15 is 0 Å². The number of benzene rings is 3. The molecule has 0 radical (unpaired) electrons. The second-order valence-corrected chi connectivity index (χ2v) is 9.15. The Bertz CT molecular complexity index is 1190. The minimum atomic E-state index is 0.370. The summed E-state index contributed by atoms with van der Waals surface area (Å²) in [5, 5.41) is 9.98. The van der Waals surface area contributed by atoms with Crippen LogP contribution < -0.4 is 21.7 Å². The van der Waals surface area contributed by atoms with Crippen LogP contribution in [0.5, 0.6) is 0 Å². The van der Waals surface area contributed by atoms with E-state index in [1.165, 1.54) is 11.1 Å². The number of rotatable bonds is 11. The van der Waals surface area contributed by atoms with Gasteiger partial charge in [-0.05, 0) is 86.2 Å². The molecule has 0 aliphatic carbocycles. The zero-order chi connectivity index (χ0) is 29.2. The molecule has 0 heterocycles. The van der Waals surface area contributed by atoms with Gasteiger partial charge in [0.15, 0.2) is 0 Å². The van der Waals surface area contributed by atoms with Crippen LogP contribution >= 0.6 is 0 Å². The number of nitrogens with one attached hydrogen (secondary N) is 3. The minimum absolute atomic E-state index is 0.370. The van der Waals surface area contributed by atoms with Crippen molar-refractivity contribution in [3.05, 3.63) is 138 Å². The third kappa shape index (κ3) is 12.8. The summed E-state index contributed by atoms with van der Waals surface area (Å²) in [7, 11) is 0. The molecule has 0 unspecified atom stereocenters. The molecule has 5 N–H and O–H groups in total. The summed E-state index contributed by atoms with van der Waals surface area (Å²) in [5.41, 5.74) is 13.9. The molecule has 0 fully saturated rings. The standard InChI is InChI=1S/C27H35N3.C6H7N.C2H6/c1-8-20(5)27(9-2)30-22(7)29-26-15-13-23(14-16-26)17-24-11-10-12-25(18-24)21(6)28-19(3)4;7-6-4-2-1-3-5-6;1-2/h9-16,18-19,28-30H,5-8,17H2,1-4H3;1-5H,7H2;1-2H3/b27-9+;;. The highest BCUT2D eigenvalue weighted by Crippen LogP contribution is 2.18. The summed E-state index contributed by atoms with van der Waals surface area (Å²) in [6, 6.07) is 26.8. The molecule has 0 atom stereocenters. The molecule has 0 saturated carbocycles. The largest absolute Gasteiger partial charge is 0.399 e. The van der Waals surface area contributed by atoms with Crippen molar-refractivity contribution in [2.24, 2.45) is 0 Å². The Hall–Kier alpha value is -4.18. The quantitative estimate of drug-likeness (QED) is 0.149. The molecule has 0 amide bonds. The van der Waals surface area contributed by atoms with E-state index in [-0.39, 0.29) is 0 Å². The van der Waals surface area contributed by atoms with Gasteiger partial charge < -0.3 is 21.7 Å². The molecular formula is C35H48N4. The first kappa shape index (κ1) is 32.8. The molecule has 0 aliphatic rings. The van der Waals surface area contributed by atoms with Crippen molar-refractivity contribution in [2.45, 2.75) is 60.4 Å². The van der Waals surface area contributed by atoms with Gasteiger partial charge >= 0.3 is 0 Å². The van der Waals surface area contributed by atoms with Gasteiger partial charge in [-0.25, -0.2) is 0 Å². The maximum absolute atomic E-state index is 5.36. The lowest BCUT2D eigenvalue weighted by Gasteiger charge is -2.16. The number of hydrogen-bond donors (Lipinski definition) is 4. The van der Waals surface area contributed by atoms with E-state index in [0.717, 1.165) is 52.6 Å². The highest BCUT2D eigenvalue weighted by molar-refractivity contribution is 5.62. The van der Waals surface area contributed by atoms with Gasteiger partial charge in [0.1, 0.15) is 5.82 Å². The Balaban J connectivity index is 0.000000720. The van der Waals surface area contributed by atoms with Gasteiger partial charge in [-0.15, -0.1) is 0 Å². The number of anilines is 2. The van der Waals surface area contributed by atoms with Crippen molar-refractivity contribution in [1.82, 2.24) is 10.6 Å². The lowest BCUT2D eigenvalue weighted by molar-refractivity contribution is 0.718. The second-order valence-electron chi connectivity index (χ2n) is 9.15. The van der Waals surface area contributed by atoms with Crippen LogP contribution in [-0.2, 0) is 6.42 Å². The van der Waals surface area contributed by atoms with Crippen LogP contribution in [0.25, 0.3) is 5.70 Å². The van der Waals surface area contributed by atoms with Gasteiger partial charge in [0.25, 0.3) is 0 Å². The molecule has 0 aromatic heterocycles. The van der Waals surface area contributed by atoms with Gasteiger partial charge in [0, 0.05) is 28.8 Å².